The Morgan fingerprint density at radius 2 is 2.10 bits per heavy atom. The molecule has 0 fully saturated rings. The zero-order chi connectivity index (χ0) is 14.8. The van der Waals surface area contributed by atoms with Crippen LogP contribution in [0.5, 0.6) is 0 Å². The van der Waals surface area contributed by atoms with Crippen LogP contribution in [-0.2, 0) is 23.0 Å². The first-order valence-electron chi connectivity index (χ1n) is 6.36. The normalized spacial score (nSPS) is 11.6. The first-order valence-corrected chi connectivity index (χ1v) is 8.73. The van der Waals surface area contributed by atoms with Gasteiger partial charge in [0.15, 0.2) is 0 Å². The average Bonchev–Trinajstić information content (AvgIpc) is 2.80. The van der Waals surface area contributed by atoms with Crippen molar-refractivity contribution in [1.82, 2.24) is 0 Å². The van der Waals surface area contributed by atoms with Gasteiger partial charge in [-0.15, -0.1) is 11.3 Å². The monoisotopic (exact) mass is 310 g/mol. The number of sulfonamides is 1. The predicted molar refractivity (Wildman–Crippen MR) is 83.6 cm³/mol. The molecule has 1 aromatic carbocycles. The van der Waals surface area contributed by atoms with E-state index in [9.17, 15) is 8.42 Å². The molecule has 0 aliphatic carbocycles. The number of nitrogens with one attached hydrogen (secondary N) is 1. The fourth-order valence-electron chi connectivity index (χ4n) is 2.05. The Morgan fingerprint density at radius 3 is 2.75 bits per heavy atom. The van der Waals surface area contributed by atoms with Gasteiger partial charge in [0, 0.05) is 17.1 Å². The number of thiophene rings is 1. The third kappa shape index (κ3) is 3.03. The molecule has 4 nitrogen and oxygen atoms in total. The van der Waals surface area contributed by atoms with E-state index in [0.717, 1.165) is 17.5 Å². The van der Waals surface area contributed by atoms with Crippen LogP contribution in [0, 0.1) is 6.92 Å². The molecule has 0 radical (unpaired) electrons. The van der Waals surface area contributed by atoms with Crippen LogP contribution in [0.1, 0.15) is 22.9 Å². The Hall–Kier alpha value is -1.37. The van der Waals surface area contributed by atoms with Crippen molar-refractivity contribution in [2.75, 3.05) is 4.72 Å². The molecule has 0 bridgehead atoms. The number of benzene rings is 1. The molecular weight excluding hydrogens is 292 g/mol. The Balaban J connectivity index is 2.38. The van der Waals surface area contributed by atoms with E-state index in [1.54, 1.807) is 13.0 Å². The predicted octanol–water partition coefficient (Wildman–Crippen LogP) is 2.88. The lowest BCUT2D eigenvalue weighted by atomic mass is 10.1. The third-order valence-corrected chi connectivity index (χ3v) is 5.90. The van der Waals surface area contributed by atoms with E-state index in [0.29, 0.717) is 15.5 Å². The number of hydrogen-bond acceptors (Lipinski definition) is 4. The molecule has 2 aromatic rings. The smallest absolute Gasteiger partial charge is 0.263 e. The lowest BCUT2D eigenvalue weighted by Gasteiger charge is -2.10. The SMILES string of the molecule is CCc1cccc(NS(=O)(=O)c2c(C)csc2CN)c1. The van der Waals surface area contributed by atoms with Crippen LogP contribution in [0.3, 0.4) is 0 Å². The second-order valence-electron chi connectivity index (χ2n) is 4.53. The highest BCUT2D eigenvalue weighted by molar-refractivity contribution is 7.93. The summed E-state index contributed by atoms with van der Waals surface area (Å²) < 4.78 is 27.6. The molecule has 0 unspecified atom stereocenters. The second kappa shape index (κ2) is 5.95. The van der Waals surface area contributed by atoms with Crippen molar-refractivity contribution in [2.45, 2.75) is 31.7 Å². The summed E-state index contributed by atoms with van der Waals surface area (Å²) in [5, 5.41) is 1.82. The summed E-state index contributed by atoms with van der Waals surface area (Å²) in [5.41, 5.74) is 8.02. The summed E-state index contributed by atoms with van der Waals surface area (Å²) >= 11 is 1.38. The van der Waals surface area contributed by atoms with Gasteiger partial charge in [0.2, 0.25) is 0 Å². The van der Waals surface area contributed by atoms with Crippen LogP contribution in [0.25, 0.3) is 0 Å². The molecule has 0 saturated carbocycles. The van der Waals surface area contributed by atoms with Crippen LogP contribution in [0.4, 0.5) is 5.69 Å². The summed E-state index contributed by atoms with van der Waals surface area (Å²) in [6.45, 7) is 4.04. The van der Waals surface area contributed by atoms with Gasteiger partial charge >= 0.3 is 0 Å². The van der Waals surface area contributed by atoms with Crippen molar-refractivity contribution in [3.05, 3.63) is 45.6 Å². The molecule has 3 N–H and O–H groups in total. The molecule has 0 saturated heterocycles. The number of nitrogens with two attached hydrogens (primary N) is 1. The zero-order valence-corrected chi connectivity index (χ0v) is 13.1. The molecule has 0 spiro atoms. The Labute approximate surface area is 123 Å². The second-order valence-corrected chi connectivity index (χ2v) is 7.12. The summed E-state index contributed by atoms with van der Waals surface area (Å²) in [6, 6.07) is 7.42. The van der Waals surface area contributed by atoms with Gasteiger partial charge in [0.25, 0.3) is 10.0 Å². The molecule has 1 aromatic heterocycles. The lowest BCUT2D eigenvalue weighted by Crippen LogP contribution is -2.16. The standard InChI is InChI=1S/C14H18N2O2S2/c1-3-11-5-4-6-12(7-11)16-20(17,18)14-10(2)9-19-13(14)8-15/h4-7,9,16H,3,8,15H2,1-2H3. The minimum Gasteiger partial charge on any atom is -0.326 e. The van der Waals surface area contributed by atoms with E-state index in [-0.39, 0.29) is 6.54 Å². The van der Waals surface area contributed by atoms with Gasteiger partial charge in [-0.05, 0) is 42.0 Å². The maximum atomic E-state index is 12.5. The molecule has 2 rings (SSSR count). The minimum atomic E-state index is -3.59. The summed E-state index contributed by atoms with van der Waals surface area (Å²) in [5.74, 6) is 0. The van der Waals surface area contributed by atoms with Crippen molar-refractivity contribution in [2.24, 2.45) is 5.73 Å². The molecule has 20 heavy (non-hydrogen) atoms. The summed E-state index contributed by atoms with van der Waals surface area (Å²) in [7, 11) is -3.59. The number of anilines is 1. The van der Waals surface area contributed by atoms with Crippen LogP contribution in [-0.4, -0.2) is 8.42 Å². The summed E-state index contributed by atoms with van der Waals surface area (Å²) in [6.07, 6.45) is 0.862. The molecule has 1 heterocycles. The molecular formula is C14H18N2O2S2. The zero-order valence-electron chi connectivity index (χ0n) is 11.5. The van der Waals surface area contributed by atoms with Crippen molar-refractivity contribution >= 4 is 27.0 Å². The van der Waals surface area contributed by atoms with Crippen molar-refractivity contribution in [3.63, 3.8) is 0 Å². The van der Waals surface area contributed by atoms with E-state index in [2.05, 4.69) is 4.72 Å². The van der Waals surface area contributed by atoms with E-state index >= 15 is 0 Å². The van der Waals surface area contributed by atoms with Gasteiger partial charge in [0.1, 0.15) is 4.90 Å². The number of hydrogen-bond donors (Lipinski definition) is 2. The van der Waals surface area contributed by atoms with E-state index in [1.165, 1.54) is 11.3 Å². The third-order valence-electron chi connectivity index (χ3n) is 3.03. The van der Waals surface area contributed by atoms with E-state index in [4.69, 9.17) is 5.73 Å². The van der Waals surface area contributed by atoms with Crippen molar-refractivity contribution < 1.29 is 8.42 Å². The topological polar surface area (TPSA) is 72.2 Å². The fourth-order valence-corrected chi connectivity index (χ4v) is 4.80. The highest BCUT2D eigenvalue weighted by Crippen LogP contribution is 2.28. The van der Waals surface area contributed by atoms with Gasteiger partial charge in [-0.2, -0.15) is 0 Å². The summed E-state index contributed by atoms with van der Waals surface area (Å²) in [4.78, 5) is 0.994. The van der Waals surface area contributed by atoms with Gasteiger partial charge in [-0.25, -0.2) is 8.42 Å². The maximum absolute atomic E-state index is 12.5. The molecule has 0 aliphatic heterocycles. The molecule has 6 heteroatoms. The largest absolute Gasteiger partial charge is 0.326 e. The van der Waals surface area contributed by atoms with Gasteiger partial charge < -0.3 is 5.73 Å². The molecule has 0 aliphatic rings. The van der Waals surface area contributed by atoms with Crippen LogP contribution < -0.4 is 10.5 Å². The molecule has 108 valence electrons. The van der Waals surface area contributed by atoms with Gasteiger partial charge in [0.05, 0.1) is 0 Å². The molecule has 0 atom stereocenters. The Bertz CT molecular complexity index is 706. The highest BCUT2D eigenvalue weighted by atomic mass is 32.2. The minimum absolute atomic E-state index is 0.226. The number of rotatable bonds is 5. The lowest BCUT2D eigenvalue weighted by molar-refractivity contribution is 0.600. The fraction of sp³-hybridized carbons (Fsp3) is 0.286. The highest BCUT2D eigenvalue weighted by Gasteiger charge is 2.22. The van der Waals surface area contributed by atoms with Crippen LogP contribution >= 0.6 is 11.3 Å². The molecule has 0 amide bonds. The van der Waals surface area contributed by atoms with Crippen LogP contribution in [0.15, 0.2) is 34.5 Å². The first-order chi connectivity index (χ1) is 9.47. The van der Waals surface area contributed by atoms with Crippen molar-refractivity contribution in [3.8, 4) is 0 Å². The Kier molecular flexibility index (Phi) is 4.47. The van der Waals surface area contributed by atoms with Crippen molar-refractivity contribution in [1.29, 1.82) is 0 Å². The van der Waals surface area contributed by atoms with E-state index in [1.807, 2.05) is 30.5 Å². The van der Waals surface area contributed by atoms with Gasteiger partial charge in [-0.1, -0.05) is 19.1 Å². The van der Waals surface area contributed by atoms with Crippen LogP contribution in [0.2, 0.25) is 0 Å². The van der Waals surface area contributed by atoms with Gasteiger partial charge in [-0.3, -0.25) is 4.72 Å². The average molecular weight is 310 g/mol. The Morgan fingerprint density at radius 1 is 1.35 bits per heavy atom. The van der Waals surface area contributed by atoms with E-state index < -0.39 is 10.0 Å². The first kappa shape index (κ1) is 15.0. The maximum Gasteiger partial charge on any atom is 0.263 e. The number of aryl methyl sites for hydroxylation is 2. The quantitative estimate of drug-likeness (QED) is 0.892.